The van der Waals surface area contributed by atoms with Crippen molar-refractivity contribution in [3.63, 3.8) is 0 Å². The number of aromatic nitrogens is 1. The Morgan fingerprint density at radius 1 is 1.33 bits per heavy atom. The van der Waals surface area contributed by atoms with Crippen molar-refractivity contribution >= 4 is 17.4 Å². The Balaban J connectivity index is 1.92. The highest BCUT2D eigenvalue weighted by Crippen LogP contribution is 2.27. The zero-order chi connectivity index (χ0) is 13.2. The molecule has 1 amide bonds. The van der Waals surface area contributed by atoms with E-state index in [0.29, 0.717) is 0 Å². The van der Waals surface area contributed by atoms with Crippen LogP contribution in [0.5, 0.6) is 0 Å². The Bertz CT molecular complexity index is 416. The molecular weight excluding hydrogens is 226 g/mol. The summed E-state index contributed by atoms with van der Waals surface area (Å²) in [6.45, 7) is 6.25. The molecule has 0 atom stereocenters. The third-order valence-electron chi connectivity index (χ3n) is 3.01. The SMILES string of the molecule is CC(C)(C)Nc1ccc(NC(=O)C2CCC2)cn1. The number of pyridine rings is 1. The van der Waals surface area contributed by atoms with Crippen LogP contribution in [0.1, 0.15) is 40.0 Å². The van der Waals surface area contributed by atoms with Gasteiger partial charge in [-0.3, -0.25) is 4.79 Å². The van der Waals surface area contributed by atoms with Crippen molar-refractivity contribution in [2.45, 2.75) is 45.6 Å². The molecule has 0 radical (unpaired) electrons. The fourth-order valence-electron chi connectivity index (χ4n) is 1.84. The standard InChI is InChI=1S/C14H21N3O/c1-14(2,3)17-12-8-7-11(9-15-12)16-13(18)10-5-4-6-10/h7-10H,4-6H2,1-3H3,(H,15,17)(H,16,18). The van der Waals surface area contributed by atoms with Crippen LogP contribution in [0.25, 0.3) is 0 Å². The van der Waals surface area contributed by atoms with E-state index in [9.17, 15) is 4.79 Å². The second-order valence-corrected chi connectivity index (χ2v) is 5.92. The molecule has 1 saturated carbocycles. The molecule has 4 heteroatoms. The predicted molar refractivity (Wildman–Crippen MR) is 73.6 cm³/mol. The number of carbonyl (C=O) groups excluding carboxylic acids is 1. The fourth-order valence-corrected chi connectivity index (χ4v) is 1.84. The van der Waals surface area contributed by atoms with Gasteiger partial charge in [0, 0.05) is 11.5 Å². The maximum Gasteiger partial charge on any atom is 0.227 e. The van der Waals surface area contributed by atoms with Crippen LogP contribution in [0.2, 0.25) is 0 Å². The molecule has 4 nitrogen and oxygen atoms in total. The number of nitrogens with one attached hydrogen (secondary N) is 2. The Hall–Kier alpha value is -1.58. The van der Waals surface area contributed by atoms with Gasteiger partial charge in [0.2, 0.25) is 5.91 Å². The monoisotopic (exact) mass is 247 g/mol. The summed E-state index contributed by atoms with van der Waals surface area (Å²) in [6, 6.07) is 3.78. The van der Waals surface area contributed by atoms with E-state index in [-0.39, 0.29) is 17.4 Å². The van der Waals surface area contributed by atoms with Crippen LogP contribution in [0.15, 0.2) is 18.3 Å². The van der Waals surface area contributed by atoms with E-state index in [1.165, 1.54) is 6.42 Å². The molecule has 0 aliphatic heterocycles. The highest BCUT2D eigenvalue weighted by Gasteiger charge is 2.25. The van der Waals surface area contributed by atoms with E-state index in [1.54, 1.807) is 6.20 Å². The number of carbonyl (C=O) groups is 1. The van der Waals surface area contributed by atoms with Crippen LogP contribution in [0, 0.1) is 5.92 Å². The highest BCUT2D eigenvalue weighted by atomic mass is 16.1. The Morgan fingerprint density at radius 2 is 2.06 bits per heavy atom. The van der Waals surface area contributed by atoms with Crippen LogP contribution in [-0.2, 0) is 4.79 Å². The van der Waals surface area contributed by atoms with E-state index in [1.807, 2.05) is 12.1 Å². The van der Waals surface area contributed by atoms with Gasteiger partial charge in [-0.2, -0.15) is 0 Å². The molecule has 98 valence electrons. The smallest absolute Gasteiger partial charge is 0.227 e. The lowest BCUT2D eigenvalue weighted by atomic mass is 9.85. The largest absolute Gasteiger partial charge is 0.365 e. The average molecular weight is 247 g/mol. The molecule has 2 N–H and O–H groups in total. The minimum atomic E-state index is -0.0102. The summed E-state index contributed by atoms with van der Waals surface area (Å²) in [6.07, 6.45) is 4.90. The second-order valence-electron chi connectivity index (χ2n) is 5.92. The minimum absolute atomic E-state index is 0.0102. The molecule has 18 heavy (non-hydrogen) atoms. The summed E-state index contributed by atoms with van der Waals surface area (Å²) in [5.74, 6) is 1.15. The predicted octanol–water partition coefficient (Wildman–Crippen LogP) is 3.03. The quantitative estimate of drug-likeness (QED) is 0.863. The molecule has 1 fully saturated rings. The first kappa shape index (κ1) is 12.9. The first-order chi connectivity index (χ1) is 8.44. The van der Waals surface area contributed by atoms with Gasteiger partial charge in [0.1, 0.15) is 5.82 Å². The first-order valence-electron chi connectivity index (χ1n) is 6.49. The molecule has 0 bridgehead atoms. The van der Waals surface area contributed by atoms with E-state index in [4.69, 9.17) is 0 Å². The van der Waals surface area contributed by atoms with Gasteiger partial charge in [0.15, 0.2) is 0 Å². The lowest BCUT2D eigenvalue weighted by molar-refractivity contribution is -0.122. The van der Waals surface area contributed by atoms with Crippen molar-refractivity contribution in [1.82, 2.24) is 4.98 Å². The van der Waals surface area contributed by atoms with Crippen LogP contribution >= 0.6 is 0 Å². The maximum atomic E-state index is 11.8. The summed E-state index contributed by atoms with van der Waals surface area (Å²) >= 11 is 0. The third kappa shape index (κ3) is 3.45. The zero-order valence-corrected chi connectivity index (χ0v) is 11.3. The third-order valence-corrected chi connectivity index (χ3v) is 3.01. The molecule has 1 heterocycles. The van der Waals surface area contributed by atoms with E-state index in [2.05, 4.69) is 36.4 Å². The van der Waals surface area contributed by atoms with Crippen molar-refractivity contribution in [2.75, 3.05) is 10.6 Å². The van der Waals surface area contributed by atoms with Gasteiger partial charge < -0.3 is 10.6 Å². The Morgan fingerprint density at radius 3 is 2.50 bits per heavy atom. The second kappa shape index (κ2) is 4.96. The van der Waals surface area contributed by atoms with Gasteiger partial charge in [0.05, 0.1) is 11.9 Å². The number of rotatable bonds is 3. The summed E-state index contributed by atoms with van der Waals surface area (Å²) in [5, 5.41) is 6.19. The molecule has 0 aromatic carbocycles. The van der Waals surface area contributed by atoms with Crippen LogP contribution in [0.4, 0.5) is 11.5 Å². The normalized spacial score (nSPS) is 15.9. The summed E-state index contributed by atoms with van der Waals surface area (Å²) < 4.78 is 0. The lowest BCUT2D eigenvalue weighted by Crippen LogP contribution is -2.28. The first-order valence-corrected chi connectivity index (χ1v) is 6.49. The van der Waals surface area contributed by atoms with Crippen LogP contribution in [-0.4, -0.2) is 16.4 Å². The molecule has 0 unspecified atom stereocenters. The van der Waals surface area contributed by atoms with Gasteiger partial charge >= 0.3 is 0 Å². The Labute approximate surface area is 108 Å². The van der Waals surface area contributed by atoms with Crippen molar-refractivity contribution < 1.29 is 4.79 Å². The number of hydrogen-bond donors (Lipinski definition) is 2. The minimum Gasteiger partial charge on any atom is -0.365 e. The van der Waals surface area contributed by atoms with E-state index >= 15 is 0 Å². The van der Waals surface area contributed by atoms with Crippen LogP contribution < -0.4 is 10.6 Å². The van der Waals surface area contributed by atoms with Gasteiger partial charge in [-0.15, -0.1) is 0 Å². The summed E-state index contributed by atoms with van der Waals surface area (Å²) in [4.78, 5) is 16.0. The van der Waals surface area contributed by atoms with E-state index < -0.39 is 0 Å². The van der Waals surface area contributed by atoms with Crippen molar-refractivity contribution in [1.29, 1.82) is 0 Å². The number of nitrogens with zero attached hydrogens (tertiary/aromatic N) is 1. The lowest BCUT2D eigenvalue weighted by Gasteiger charge is -2.24. The summed E-state index contributed by atoms with van der Waals surface area (Å²) in [7, 11) is 0. The molecular formula is C14H21N3O. The van der Waals surface area contributed by atoms with Gasteiger partial charge in [-0.25, -0.2) is 4.98 Å². The summed E-state index contributed by atoms with van der Waals surface area (Å²) in [5.41, 5.74) is 0.760. The molecule has 1 aromatic rings. The van der Waals surface area contributed by atoms with Gasteiger partial charge in [0.25, 0.3) is 0 Å². The van der Waals surface area contributed by atoms with Gasteiger partial charge in [-0.05, 0) is 45.7 Å². The molecule has 1 aliphatic carbocycles. The molecule has 1 aromatic heterocycles. The van der Waals surface area contributed by atoms with Crippen molar-refractivity contribution in [3.8, 4) is 0 Å². The molecule has 1 aliphatic rings. The molecule has 0 spiro atoms. The number of amides is 1. The number of anilines is 2. The number of hydrogen-bond acceptors (Lipinski definition) is 3. The average Bonchev–Trinajstić information content (AvgIpc) is 2.16. The van der Waals surface area contributed by atoms with Crippen molar-refractivity contribution in [3.05, 3.63) is 18.3 Å². The maximum absolute atomic E-state index is 11.8. The van der Waals surface area contributed by atoms with Gasteiger partial charge in [-0.1, -0.05) is 6.42 Å². The highest BCUT2D eigenvalue weighted by molar-refractivity contribution is 5.92. The van der Waals surface area contributed by atoms with Crippen molar-refractivity contribution in [2.24, 2.45) is 5.92 Å². The Kier molecular flexibility index (Phi) is 3.55. The fraction of sp³-hybridized carbons (Fsp3) is 0.571. The topological polar surface area (TPSA) is 54.0 Å². The van der Waals surface area contributed by atoms with Crippen LogP contribution in [0.3, 0.4) is 0 Å². The zero-order valence-electron chi connectivity index (χ0n) is 11.3. The molecule has 0 saturated heterocycles. The van der Waals surface area contributed by atoms with E-state index in [0.717, 1.165) is 24.3 Å². The molecule has 2 rings (SSSR count).